The lowest BCUT2D eigenvalue weighted by molar-refractivity contribution is 0.194. The number of hydrogen-bond donors (Lipinski definition) is 1. The van der Waals surface area contributed by atoms with E-state index in [1.165, 1.54) is 24.9 Å². The largest absolute Gasteiger partial charge is 0.313 e. The van der Waals surface area contributed by atoms with Crippen molar-refractivity contribution in [2.75, 3.05) is 13.1 Å². The fourth-order valence-corrected chi connectivity index (χ4v) is 2.74. The summed E-state index contributed by atoms with van der Waals surface area (Å²) in [5.74, 6) is 0. The second kappa shape index (κ2) is 6.55. The minimum Gasteiger partial charge on any atom is -0.313 e. The second-order valence-corrected chi connectivity index (χ2v) is 5.88. The molecule has 3 heteroatoms. The van der Waals surface area contributed by atoms with Gasteiger partial charge in [-0.1, -0.05) is 23.7 Å². The first kappa shape index (κ1) is 13.9. The van der Waals surface area contributed by atoms with Crippen molar-refractivity contribution in [1.29, 1.82) is 0 Å². The molecule has 1 atom stereocenters. The maximum Gasteiger partial charge on any atom is 0.0409 e. The monoisotopic (exact) mass is 266 g/mol. The molecule has 1 aromatic carbocycles. The van der Waals surface area contributed by atoms with Gasteiger partial charge in [0.25, 0.3) is 0 Å². The van der Waals surface area contributed by atoms with Crippen LogP contribution in [0, 0.1) is 0 Å². The highest BCUT2D eigenvalue weighted by atomic mass is 35.5. The quantitative estimate of drug-likeness (QED) is 0.880. The molecule has 2 nitrogen and oxygen atoms in total. The summed E-state index contributed by atoms with van der Waals surface area (Å²) in [4.78, 5) is 2.52. The van der Waals surface area contributed by atoms with Gasteiger partial charge in [0, 0.05) is 30.2 Å². The van der Waals surface area contributed by atoms with E-state index in [0.29, 0.717) is 12.1 Å². The molecule has 1 aliphatic rings. The van der Waals surface area contributed by atoms with Crippen LogP contribution >= 0.6 is 11.6 Å². The van der Waals surface area contributed by atoms with E-state index in [1.807, 2.05) is 12.1 Å². The Morgan fingerprint density at radius 1 is 1.44 bits per heavy atom. The van der Waals surface area contributed by atoms with Gasteiger partial charge >= 0.3 is 0 Å². The van der Waals surface area contributed by atoms with Crippen molar-refractivity contribution in [1.82, 2.24) is 10.2 Å². The van der Waals surface area contributed by atoms with Gasteiger partial charge in [-0.15, -0.1) is 0 Å². The summed E-state index contributed by atoms with van der Waals surface area (Å²) >= 11 is 6.05. The molecule has 1 N–H and O–H groups in total. The van der Waals surface area contributed by atoms with Crippen LogP contribution in [0.3, 0.4) is 0 Å². The van der Waals surface area contributed by atoms with Gasteiger partial charge in [0.05, 0.1) is 0 Å². The van der Waals surface area contributed by atoms with Gasteiger partial charge in [-0.05, 0) is 50.9 Å². The summed E-state index contributed by atoms with van der Waals surface area (Å²) in [6, 6.07) is 9.41. The molecule has 0 bridgehead atoms. The molecule has 0 saturated carbocycles. The van der Waals surface area contributed by atoms with E-state index in [4.69, 9.17) is 11.6 Å². The summed E-state index contributed by atoms with van der Waals surface area (Å²) in [5, 5.41) is 4.40. The Morgan fingerprint density at radius 2 is 2.28 bits per heavy atom. The number of rotatable bonds is 5. The van der Waals surface area contributed by atoms with E-state index in [-0.39, 0.29) is 0 Å². The zero-order chi connectivity index (χ0) is 13.0. The minimum absolute atomic E-state index is 0.561. The Bertz CT molecular complexity index is 373. The van der Waals surface area contributed by atoms with Crippen molar-refractivity contribution in [2.45, 2.75) is 45.3 Å². The van der Waals surface area contributed by atoms with Crippen LogP contribution in [0.25, 0.3) is 0 Å². The molecule has 1 aliphatic heterocycles. The SMILES string of the molecule is CC(C)N(Cc1cccc(Cl)c1)CC1CCCN1. The molecular weight excluding hydrogens is 244 g/mol. The lowest BCUT2D eigenvalue weighted by Gasteiger charge is -2.29. The lowest BCUT2D eigenvalue weighted by atomic mass is 10.1. The van der Waals surface area contributed by atoms with Crippen LogP contribution in [0.1, 0.15) is 32.3 Å². The number of nitrogens with zero attached hydrogens (tertiary/aromatic N) is 1. The normalized spacial score (nSPS) is 19.9. The summed E-state index contributed by atoms with van der Waals surface area (Å²) in [6.45, 7) is 7.81. The molecule has 1 fully saturated rings. The molecule has 1 aromatic rings. The zero-order valence-electron chi connectivity index (χ0n) is 11.3. The highest BCUT2D eigenvalue weighted by Gasteiger charge is 2.19. The van der Waals surface area contributed by atoms with Gasteiger partial charge in [-0.3, -0.25) is 4.90 Å². The van der Waals surface area contributed by atoms with E-state index in [0.717, 1.165) is 18.1 Å². The van der Waals surface area contributed by atoms with E-state index >= 15 is 0 Å². The van der Waals surface area contributed by atoms with E-state index < -0.39 is 0 Å². The van der Waals surface area contributed by atoms with Crippen molar-refractivity contribution >= 4 is 11.6 Å². The van der Waals surface area contributed by atoms with Crippen LogP contribution in [0.4, 0.5) is 0 Å². The molecule has 0 aliphatic carbocycles. The average Bonchev–Trinajstić information content (AvgIpc) is 2.81. The van der Waals surface area contributed by atoms with Crippen molar-refractivity contribution in [3.05, 3.63) is 34.9 Å². The Morgan fingerprint density at radius 3 is 2.89 bits per heavy atom. The topological polar surface area (TPSA) is 15.3 Å². The van der Waals surface area contributed by atoms with Gasteiger partial charge in [0.2, 0.25) is 0 Å². The van der Waals surface area contributed by atoms with Crippen molar-refractivity contribution < 1.29 is 0 Å². The van der Waals surface area contributed by atoms with Crippen LogP contribution in [-0.2, 0) is 6.54 Å². The highest BCUT2D eigenvalue weighted by Crippen LogP contribution is 2.16. The first-order chi connectivity index (χ1) is 8.65. The standard InChI is InChI=1S/C15H23ClN2/c1-12(2)18(11-15-7-4-8-17-15)10-13-5-3-6-14(16)9-13/h3,5-6,9,12,15,17H,4,7-8,10-11H2,1-2H3. The first-order valence-electron chi connectivity index (χ1n) is 6.87. The summed E-state index contributed by atoms with van der Waals surface area (Å²) in [7, 11) is 0. The maximum atomic E-state index is 6.05. The van der Waals surface area contributed by atoms with Crippen LogP contribution in [-0.4, -0.2) is 30.1 Å². The molecule has 1 saturated heterocycles. The maximum absolute atomic E-state index is 6.05. The van der Waals surface area contributed by atoms with E-state index in [2.05, 4.69) is 36.2 Å². The molecule has 1 heterocycles. The molecule has 100 valence electrons. The zero-order valence-corrected chi connectivity index (χ0v) is 12.1. The first-order valence-corrected chi connectivity index (χ1v) is 7.25. The predicted molar refractivity (Wildman–Crippen MR) is 78.0 cm³/mol. The lowest BCUT2D eigenvalue weighted by Crippen LogP contribution is -2.40. The molecule has 0 spiro atoms. The average molecular weight is 267 g/mol. The van der Waals surface area contributed by atoms with Gasteiger partial charge in [-0.25, -0.2) is 0 Å². The van der Waals surface area contributed by atoms with Crippen LogP contribution in [0.2, 0.25) is 5.02 Å². The third-order valence-corrected chi connectivity index (χ3v) is 3.86. The van der Waals surface area contributed by atoms with E-state index in [1.54, 1.807) is 0 Å². The highest BCUT2D eigenvalue weighted by molar-refractivity contribution is 6.30. The third-order valence-electron chi connectivity index (χ3n) is 3.62. The van der Waals surface area contributed by atoms with Crippen molar-refractivity contribution in [3.8, 4) is 0 Å². The van der Waals surface area contributed by atoms with Gasteiger partial charge < -0.3 is 5.32 Å². The van der Waals surface area contributed by atoms with Gasteiger partial charge in [-0.2, -0.15) is 0 Å². The number of benzene rings is 1. The van der Waals surface area contributed by atoms with Gasteiger partial charge in [0.1, 0.15) is 0 Å². The Hall–Kier alpha value is -0.570. The van der Waals surface area contributed by atoms with Crippen LogP contribution in [0.5, 0.6) is 0 Å². The number of hydrogen-bond acceptors (Lipinski definition) is 2. The predicted octanol–water partition coefficient (Wildman–Crippen LogP) is 3.30. The molecule has 0 aromatic heterocycles. The van der Waals surface area contributed by atoms with E-state index in [9.17, 15) is 0 Å². The molecule has 0 radical (unpaired) electrons. The second-order valence-electron chi connectivity index (χ2n) is 5.45. The molecule has 2 rings (SSSR count). The fourth-order valence-electron chi connectivity index (χ4n) is 2.52. The van der Waals surface area contributed by atoms with Crippen molar-refractivity contribution in [3.63, 3.8) is 0 Å². The Kier molecular flexibility index (Phi) is 5.04. The van der Waals surface area contributed by atoms with Crippen LogP contribution in [0.15, 0.2) is 24.3 Å². The van der Waals surface area contributed by atoms with Crippen molar-refractivity contribution in [2.24, 2.45) is 0 Å². The molecule has 18 heavy (non-hydrogen) atoms. The smallest absolute Gasteiger partial charge is 0.0409 e. The number of nitrogens with one attached hydrogen (secondary N) is 1. The van der Waals surface area contributed by atoms with Crippen LogP contribution < -0.4 is 5.32 Å². The van der Waals surface area contributed by atoms with Gasteiger partial charge in [0.15, 0.2) is 0 Å². The Labute approximate surface area is 115 Å². The third kappa shape index (κ3) is 3.98. The summed E-state index contributed by atoms with van der Waals surface area (Å²) in [6.07, 6.45) is 2.62. The molecule has 0 amide bonds. The fraction of sp³-hybridized carbons (Fsp3) is 0.600. The molecule has 1 unspecified atom stereocenters. The Balaban J connectivity index is 1.97. The summed E-state index contributed by atoms with van der Waals surface area (Å²) in [5.41, 5.74) is 1.30. The summed E-state index contributed by atoms with van der Waals surface area (Å²) < 4.78 is 0. The molecular formula is C15H23ClN2. The number of halogens is 1. The minimum atomic E-state index is 0.561.